The van der Waals surface area contributed by atoms with E-state index in [2.05, 4.69) is 25.0 Å². The standard InChI is InChI=1S/C27H32F2N8O5S/c1-17-22(24(37-11-6-9-27(28,29)10-12-37)33-32-23(17)18-14-30-36(3)15-18)25(39)31-19-7-5-8-20(13-19)43(4,42)34-21(38)16-35(2)26(40)41/h5,7-8,13-15H,6,9-12,16H2,1-4H3,(H,31,39)(H,40,41). The van der Waals surface area contributed by atoms with Crippen LogP contribution >= 0.6 is 0 Å². The predicted octanol–water partition coefficient (Wildman–Crippen LogP) is 3.66. The monoisotopic (exact) mass is 618 g/mol. The summed E-state index contributed by atoms with van der Waals surface area (Å²) >= 11 is 0. The lowest BCUT2D eigenvalue weighted by Crippen LogP contribution is -2.30. The Morgan fingerprint density at radius 3 is 2.63 bits per heavy atom. The maximum Gasteiger partial charge on any atom is 0.407 e. The van der Waals surface area contributed by atoms with E-state index in [0.717, 1.165) is 0 Å². The van der Waals surface area contributed by atoms with Crippen molar-refractivity contribution in [3.8, 4) is 11.3 Å². The Kier molecular flexibility index (Phi) is 9.08. The number of hydrogen-bond acceptors (Lipinski definition) is 8. The first-order valence-corrected chi connectivity index (χ1v) is 15.2. The van der Waals surface area contributed by atoms with Crippen LogP contribution in [-0.2, 0) is 21.6 Å². The molecule has 0 saturated carbocycles. The van der Waals surface area contributed by atoms with Gasteiger partial charge in [-0.25, -0.2) is 17.8 Å². The number of nitrogens with one attached hydrogen (secondary N) is 1. The van der Waals surface area contributed by atoms with Crippen molar-refractivity contribution in [2.75, 3.05) is 43.2 Å². The van der Waals surface area contributed by atoms with E-state index in [1.54, 1.807) is 42.0 Å². The number of anilines is 2. The molecule has 1 fully saturated rings. The summed E-state index contributed by atoms with van der Waals surface area (Å²) in [5, 5.41) is 24.5. The number of carbonyl (C=O) groups excluding carboxylic acids is 2. The van der Waals surface area contributed by atoms with Crippen molar-refractivity contribution in [3.05, 3.63) is 47.8 Å². The predicted molar refractivity (Wildman–Crippen MR) is 155 cm³/mol. The summed E-state index contributed by atoms with van der Waals surface area (Å²) in [7, 11) is -0.383. The number of benzene rings is 1. The van der Waals surface area contributed by atoms with Crippen LogP contribution in [0.25, 0.3) is 11.3 Å². The molecule has 1 atom stereocenters. The van der Waals surface area contributed by atoms with Crippen molar-refractivity contribution < 1.29 is 32.5 Å². The molecule has 16 heteroatoms. The van der Waals surface area contributed by atoms with Crippen LogP contribution in [0.5, 0.6) is 0 Å². The van der Waals surface area contributed by atoms with E-state index in [4.69, 9.17) is 5.11 Å². The van der Waals surface area contributed by atoms with Crippen molar-refractivity contribution in [2.24, 2.45) is 11.4 Å². The van der Waals surface area contributed by atoms with E-state index in [9.17, 15) is 27.4 Å². The maximum atomic E-state index is 14.1. The molecule has 230 valence electrons. The second-order valence-electron chi connectivity index (χ2n) is 10.4. The second kappa shape index (κ2) is 12.4. The van der Waals surface area contributed by atoms with Crippen molar-refractivity contribution in [2.45, 2.75) is 37.0 Å². The van der Waals surface area contributed by atoms with Crippen LogP contribution in [0, 0.1) is 6.92 Å². The first-order valence-electron chi connectivity index (χ1n) is 13.3. The van der Waals surface area contributed by atoms with Gasteiger partial charge in [-0.1, -0.05) is 6.07 Å². The van der Waals surface area contributed by atoms with E-state index >= 15 is 0 Å². The highest BCUT2D eigenvalue weighted by molar-refractivity contribution is 7.93. The third-order valence-electron chi connectivity index (χ3n) is 6.93. The topological polar surface area (TPSA) is 163 Å². The average Bonchev–Trinajstić information content (AvgIpc) is 3.26. The Balaban J connectivity index is 1.69. The number of nitrogens with zero attached hydrogens (tertiary/aromatic N) is 7. The van der Waals surface area contributed by atoms with Crippen LogP contribution in [0.2, 0.25) is 0 Å². The van der Waals surface area contributed by atoms with Gasteiger partial charge < -0.3 is 20.2 Å². The smallest absolute Gasteiger partial charge is 0.407 e. The number of likely N-dealkylation sites (N-methyl/N-ethyl adjacent to an activating group) is 1. The zero-order valence-electron chi connectivity index (χ0n) is 24.1. The number of aromatic nitrogens is 4. The lowest BCUT2D eigenvalue weighted by atomic mass is 10.0. The molecule has 13 nitrogen and oxygen atoms in total. The number of aryl methyl sites for hydroxylation is 1. The zero-order valence-corrected chi connectivity index (χ0v) is 24.9. The van der Waals surface area contributed by atoms with Gasteiger partial charge in [0.1, 0.15) is 6.54 Å². The SMILES string of the molecule is Cc1c(-c2cnn(C)c2)nnc(N2CCCC(F)(F)CC2)c1C(=O)Nc1cccc(S(C)(=O)=NC(=O)CN(C)C(=O)O)c1. The molecule has 1 aliphatic heterocycles. The first kappa shape index (κ1) is 31.5. The lowest BCUT2D eigenvalue weighted by molar-refractivity contribution is -0.118. The fourth-order valence-corrected chi connectivity index (χ4v) is 5.87. The van der Waals surface area contributed by atoms with Gasteiger partial charge in [-0.3, -0.25) is 14.3 Å². The fraction of sp³-hybridized carbons (Fsp3) is 0.407. The lowest BCUT2D eigenvalue weighted by Gasteiger charge is -2.25. The molecular weight excluding hydrogens is 586 g/mol. The molecule has 1 unspecified atom stereocenters. The number of carbonyl (C=O) groups is 3. The molecule has 3 amide bonds. The molecule has 0 aliphatic carbocycles. The first-order chi connectivity index (χ1) is 20.2. The van der Waals surface area contributed by atoms with Gasteiger partial charge in [0.05, 0.1) is 27.2 Å². The number of hydrogen-bond donors (Lipinski definition) is 2. The maximum absolute atomic E-state index is 14.1. The Morgan fingerprint density at radius 2 is 1.95 bits per heavy atom. The fourth-order valence-electron chi connectivity index (χ4n) is 4.64. The van der Waals surface area contributed by atoms with Gasteiger partial charge in [0, 0.05) is 68.6 Å². The van der Waals surface area contributed by atoms with Crippen LogP contribution in [0.3, 0.4) is 0 Å². The Bertz CT molecular complexity index is 1690. The molecule has 1 aromatic carbocycles. The van der Waals surface area contributed by atoms with Gasteiger partial charge >= 0.3 is 6.09 Å². The van der Waals surface area contributed by atoms with Crippen LogP contribution in [0.1, 0.15) is 35.2 Å². The van der Waals surface area contributed by atoms with Gasteiger partial charge in [0.25, 0.3) is 11.8 Å². The summed E-state index contributed by atoms with van der Waals surface area (Å²) in [6, 6.07) is 5.94. The van der Waals surface area contributed by atoms with E-state index in [1.165, 1.54) is 31.5 Å². The molecule has 0 radical (unpaired) electrons. The summed E-state index contributed by atoms with van der Waals surface area (Å²) in [5.74, 6) is -4.14. The van der Waals surface area contributed by atoms with Crippen LogP contribution in [0.4, 0.5) is 25.1 Å². The third-order valence-corrected chi connectivity index (χ3v) is 8.61. The average molecular weight is 619 g/mol. The summed E-state index contributed by atoms with van der Waals surface area (Å²) in [6.45, 7) is 1.36. The summed E-state index contributed by atoms with van der Waals surface area (Å²) < 4.78 is 46.9. The van der Waals surface area contributed by atoms with Crippen molar-refractivity contribution in [1.29, 1.82) is 0 Å². The van der Waals surface area contributed by atoms with Crippen LogP contribution in [0.15, 0.2) is 45.9 Å². The zero-order chi connectivity index (χ0) is 31.5. The van der Waals surface area contributed by atoms with Gasteiger partial charge in [-0.2, -0.15) is 9.46 Å². The van der Waals surface area contributed by atoms with Crippen molar-refractivity contribution in [3.63, 3.8) is 0 Å². The molecule has 2 N–H and O–H groups in total. The molecule has 1 aliphatic rings. The number of alkyl halides is 2. The number of amides is 3. The van der Waals surface area contributed by atoms with Crippen molar-refractivity contribution >= 4 is 39.1 Å². The highest BCUT2D eigenvalue weighted by Crippen LogP contribution is 2.33. The molecule has 0 bridgehead atoms. The van der Waals surface area contributed by atoms with Crippen LogP contribution < -0.4 is 10.2 Å². The molecular formula is C27H32F2N8O5S. The van der Waals surface area contributed by atoms with Gasteiger partial charge in [0.2, 0.25) is 5.92 Å². The van der Waals surface area contributed by atoms with E-state index in [-0.39, 0.29) is 47.9 Å². The van der Waals surface area contributed by atoms with Crippen LogP contribution in [-0.4, -0.2) is 91.0 Å². The molecule has 3 heterocycles. The third kappa shape index (κ3) is 7.49. The van der Waals surface area contributed by atoms with Crippen molar-refractivity contribution in [1.82, 2.24) is 24.9 Å². The molecule has 3 aromatic rings. The van der Waals surface area contributed by atoms with E-state index in [0.29, 0.717) is 21.7 Å². The molecule has 1 saturated heterocycles. The number of rotatable bonds is 7. The normalized spacial score (nSPS) is 16.1. The molecule has 43 heavy (non-hydrogen) atoms. The minimum absolute atomic E-state index is 0.0202. The molecule has 0 spiro atoms. The highest BCUT2D eigenvalue weighted by Gasteiger charge is 2.34. The summed E-state index contributed by atoms with van der Waals surface area (Å²) in [4.78, 5) is 39.6. The minimum Gasteiger partial charge on any atom is -0.465 e. The summed E-state index contributed by atoms with van der Waals surface area (Å²) in [5.41, 5.74) is 1.84. The Hall–Kier alpha value is -4.47. The largest absolute Gasteiger partial charge is 0.465 e. The Morgan fingerprint density at radius 1 is 1.21 bits per heavy atom. The molecule has 4 rings (SSSR count). The number of halogens is 2. The highest BCUT2D eigenvalue weighted by atomic mass is 32.2. The second-order valence-corrected chi connectivity index (χ2v) is 12.6. The van der Waals surface area contributed by atoms with E-state index < -0.39 is 46.5 Å². The van der Waals surface area contributed by atoms with Gasteiger partial charge in [-0.05, 0) is 37.1 Å². The Labute approximate surface area is 247 Å². The molecule has 2 aromatic heterocycles. The number of carboxylic acid groups (broad SMARTS) is 1. The van der Waals surface area contributed by atoms with E-state index in [1.807, 2.05) is 0 Å². The minimum atomic E-state index is -3.30. The van der Waals surface area contributed by atoms with Gasteiger partial charge in [-0.15, -0.1) is 10.2 Å². The van der Waals surface area contributed by atoms with Gasteiger partial charge in [0.15, 0.2) is 5.82 Å². The summed E-state index contributed by atoms with van der Waals surface area (Å²) in [6.07, 6.45) is 2.73. The quantitative estimate of drug-likeness (QED) is 0.402.